The van der Waals surface area contributed by atoms with Crippen molar-refractivity contribution in [1.82, 2.24) is 10.6 Å². The molecule has 5 heteroatoms. The molecule has 0 radical (unpaired) electrons. The number of amides is 2. The van der Waals surface area contributed by atoms with Crippen molar-refractivity contribution in [3.8, 4) is 0 Å². The average molecular weight is 284 g/mol. The smallest absolute Gasteiger partial charge is 0.314 e. The lowest BCUT2D eigenvalue weighted by Gasteiger charge is -2.41. The van der Waals surface area contributed by atoms with Crippen molar-refractivity contribution >= 4 is 12.0 Å². The molecule has 1 unspecified atom stereocenters. The van der Waals surface area contributed by atoms with E-state index in [1.807, 2.05) is 6.92 Å². The van der Waals surface area contributed by atoms with Gasteiger partial charge in [0.05, 0.1) is 0 Å². The summed E-state index contributed by atoms with van der Waals surface area (Å²) in [5, 5.41) is 14.4. The van der Waals surface area contributed by atoms with E-state index in [-0.39, 0.29) is 12.5 Å². The first-order valence-corrected chi connectivity index (χ1v) is 7.71. The van der Waals surface area contributed by atoms with Gasteiger partial charge in [0.1, 0.15) is 0 Å². The van der Waals surface area contributed by atoms with Gasteiger partial charge in [0.2, 0.25) is 0 Å². The van der Waals surface area contributed by atoms with Crippen LogP contribution in [-0.2, 0) is 4.79 Å². The zero-order valence-electron chi connectivity index (χ0n) is 12.7. The summed E-state index contributed by atoms with van der Waals surface area (Å²) >= 11 is 0. The SMILES string of the molecule is CCC1(CNC(=O)NCCC(C)CCC(=O)O)CCC1. The maximum atomic E-state index is 11.7. The van der Waals surface area contributed by atoms with Crippen LogP contribution in [0.25, 0.3) is 0 Å². The minimum Gasteiger partial charge on any atom is -0.481 e. The van der Waals surface area contributed by atoms with Gasteiger partial charge in [-0.2, -0.15) is 0 Å². The molecule has 0 aromatic rings. The first kappa shape index (κ1) is 16.8. The van der Waals surface area contributed by atoms with Gasteiger partial charge in [0, 0.05) is 19.5 Å². The Labute approximate surface area is 121 Å². The van der Waals surface area contributed by atoms with E-state index in [1.165, 1.54) is 19.3 Å². The molecule has 0 aromatic heterocycles. The lowest BCUT2D eigenvalue weighted by molar-refractivity contribution is -0.137. The van der Waals surface area contributed by atoms with E-state index in [1.54, 1.807) is 0 Å². The summed E-state index contributed by atoms with van der Waals surface area (Å²) in [5.41, 5.74) is 0.339. The normalized spacial score (nSPS) is 17.9. The molecule has 1 saturated carbocycles. The van der Waals surface area contributed by atoms with E-state index in [4.69, 9.17) is 5.11 Å². The first-order valence-electron chi connectivity index (χ1n) is 7.71. The molecule has 1 atom stereocenters. The molecule has 0 aromatic carbocycles. The topological polar surface area (TPSA) is 78.4 Å². The Morgan fingerprint density at radius 2 is 1.95 bits per heavy atom. The van der Waals surface area contributed by atoms with E-state index in [0.29, 0.717) is 24.3 Å². The molecule has 20 heavy (non-hydrogen) atoms. The Kier molecular flexibility index (Phi) is 6.82. The van der Waals surface area contributed by atoms with E-state index < -0.39 is 5.97 Å². The quantitative estimate of drug-likeness (QED) is 0.609. The van der Waals surface area contributed by atoms with Gasteiger partial charge in [-0.25, -0.2) is 4.79 Å². The summed E-state index contributed by atoms with van der Waals surface area (Å²) in [5.74, 6) is -0.437. The highest BCUT2D eigenvalue weighted by Crippen LogP contribution is 2.42. The van der Waals surface area contributed by atoms with Gasteiger partial charge in [0.15, 0.2) is 0 Å². The molecular weight excluding hydrogens is 256 g/mol. The lowest BCUT2D eigenvalue weighted by atomic mass is 9.67. The molecule has 116 valence electrons. The van der Waals surface area contributed by atoms with Crippen molar-refractivity contribution in [2.75, 3.05) is 13.1 Å². The maximum Gasteiger partial charge on any atom is 0.314 e. The monoisotopic (exact) mass is 284 g/mol. The number of urea groups is 1. The molecule has 0 spiro atoms. The van der Waals surface area contributed by atoms with Gasteiger partial charge < -0.3 is 15.7 Å². The molecule has 1 rings (SSSR count). The zero-order chi connectivity index (χ0) is 15.0. The van der Waals surface area contributed by atoms with Gasteiger partial charge in [-0.1, -0.05) is 20.3 Å². The van der Waals surface area contributed by atoms with Crippen molar-refractivity contribution in [1.29, 1.82) is 0 Å². The highest BCUT2D eigenvalue weighted by atomic mass is 16.4. The summed E-state index contributed by atoms with van der Waals surface area (Å²) in [7, 11) is 0. The van der Waals surface area contributed by atoms with E-state index in [2.05, 4.69) is 17.6 Å². The molecule has 0 aliphatic heterocycles. The van der Waals surface area contributed by atoms with Crippen molar-refractivity contribution in [3.05, 3.63) is 0 Å². The molecular formula is C15H28N2O3. The number of hydrogen-bond acceptors (Lipinski definition) is 2. The Balaban J connectivity index is 2.06. The number of hydrogen-bond donors (Lipinski definition) is 3. The van der Waals surface area contributed by atoms with Crippen LogP contribution in [0.4, 0.5) is 4.79 Å². The maximum absolute atomic E-state index is 11.7. The van der Waals surface area contributed by atoms with E-state index >= 15 is 0 Å². The van der Waals surface area contributed by atoms with Crippen molar-refractivity contribution < 1.29 is 14.7 Å². The number of carboxylic acid groups (broad SMARTS) is 1. The summed E-state index contributed by atoms with van der Waals surface area (Å²) in [6, 6.07) is -0.102. The summed E-state index contributed by atoms with van der Waals surface area (Å²) in [6.45, 7) is 5.57. The highest BCUT2D eigenvalue weighted by Gasteiger charge is 2.35. The highest BCUT2D eigenvalue weighted by molar-refractivity contribution is 5.73. The van der Waals surface area contributed by atoms with Gasteiger partial charge in [-0.15, -0.1) is 0 Å². The van der Waals surface area contributed by atoms with Crippen molar-refractivity contribution in [3.63, 3.8) is 0 Å². The van der Waals surface area contributed by atoms with Gasteiger partial charge in [0.25, 0.3) is 0 Å². The molecule has 1 fully saturated rings. The van der Waals surface area contributed by atoms with Crippen LogP contribution < -0.4 is 10.6 Å². The van der Waals surface area contributed by atoms with Crippen LogP contribution in [-0.4, -0.2) is 30.2 Å². The molecule has 5 nitrogen and oxygen atoms in total. The van der Waals surface area contributed by atoms with E-state index in [9.17, 15) is 9.59 Å². The number of nitrogens with one attached hydrogen (secondary N) is 2. The first-order chi connectivity index (χ1) is 9.47. The Bertz CT molecular complexity index is 322. The van der Waals surface area contributed by atoms with Crippen LogP contribution >= 0.6 is 0 Å². The van der Waals surface area contributed by atoms with Crippen LogP contribution in [0, 0.1) is 11.3 Å². The lowest BCUT2D eigenvalue weighted by Crippen LogP contribution is -2.45. The fourth-order valence-corrected chi connectivity index (χ4v) is 2.61. The number of rotatable bonds is 9. The number of carboxylic acids is 1. The molecule has 0 bridgehead atoms. The number of carbonyl (C=O) groups excluding carboxylic acids is 1. The minimum atomic E-state index is -0.757. The molecule has 0 saturated heterocycles. The summed E-state index contributed by atoms with van der Waals surface area (Å²) in [4.78, 5) is 22.1. The summed E-state index contributed by atoms with van der Waals surface area (Å²) in [6.07, 6.45) is 6.52. The second-order valence-corrected chi connectivity index (χ2v) is 6.14. The van der Waals surface area contributed by atoms with Crippen LogP contribution in [0.3, 0.4) is 0 Å². The van der Waals surface area contributed by atoms with Gasteiger partial charge >= 0.3 is 12.0 Å². The Hall–Kier alpha value is -1.26. The summed E-state index contributed by atoms with van der Waals surface area (Å²) < 4.78 is 0. The average Bonchev–Trinajstić information content (AvgIpc) is 2.35. The third-order valence-electron chi connectivity index (χ3n) is 4.56. The molecule has 3 N–H and O–H groups in total. The predicted octanol–water partition coefficient (Wildman–Crippen LogP) is 2.76. The Morgan fingerprint density at radius 3 is 2.45 bits per heavy atom. The molecule has 1 aliphatic rings. The van der Waals surface area contributed by atoms with Crippen molar-refractivity contribution in [2.24, 2.45) is 11.3 Å². The van der Waals surface area contributed by atoms with Crippen LogP contribution in [0.2, 0.25) is 0 Å². The number of carbonyl (C=O) groups is 2. The van der Waals surface area contributed by atoms with Gasteiger partial charge in [-0.05, 0) is 43.4 Å². The second kappa shape index (κ2) is 8.12. The molecule has 2 amide bonds. The second-order valence-electron chi connectivity index (χ2n) is 6.14. The molecule has 1 aliphatic carbocycles. The zero-order valence-corrected chi connectivity index (χ0v) is 12.7. The van der Waals surface area contributed by atoms with Crippen molar-refractivity contribution in [2.45, 2.75) is 58.8 Å². The van der Waals surface area contributed by atoms with Crippen LogP contribution in [0.5, 0.6) is 0 Å². The van der Waals surface area contributed by atoms with Crippen LogP contribution in [0.15, 0.2) is 0 Å². The minimum absolute atomic E-state index is 0.102. The fraction of sp³-hybridized carbons (Fsp3) is 0.867. The fourth-order valence-electron chi connectivity index (χ4n) is 2.61. The predicted molar refractivity (Wildman–Crippen MR) is 78.6 cm³/mol. The third kappa shape index (κ3) is 5.80. The third-order valence-corrected chi connectivity index (χ3v) is 4.56. The van der Waals surface area contributed by atoms with Crippen LogP contribution in [0.1, 0.15) is 58.8 Å². The van der Waals surface area contributed by atoms with E-state index in [0.717, 1.165) is 19.4 Å². The molecule has 0 heterocycles. The Morgan fingerprint density at radius 1 is 1.25 bits per heavy atom. The standard InChI is InChI=1S/C15H28N2O3/c1-3-15(8-4-9-15)11-17-14(20)16-10-7-12(2)5-6-13(18)19/h12H,3-11H2,1-2H3,(H,18,19)(H2,16,17,20). The number of aliphatic carboxylic acids is 1. The largest absolute Gasteiger partial charge is 0.481 e. The van der Waals surface area contributed by atoms with Gasteiger partial charge in [-0.3, -0.25) is 4.79 Å².